The van der Waals surface area contributed by atoms with Crippen molar-refractivity contribution in [1.82, 2.24) is 0 Å². The van der Waals surface area contributed by atoms with Gasteiger partial charge in [-0.25, -0.2) is 4.79 Å². The molecule has 0 bridgehead atoms. The zero-order valence-corrected chi connectivity index (χ0v) is 12.8. The number of halogens is 1. The Bertz CT molecular complexity index is 494. The van der Waals surface area contributed by atoms with Crippen LogP contribution in [0.15, 0.2) is 22.7 Å². The van der Waals surface area contributed by atoms with E-state index in [2.05, 4.69) is 21.2 Å². The molecule has 1 aromatic carbocycles. The summed E-state index contributed by atoms with van der Waals surface area (Å²) in [7, 11) is 1.54. The lowest BCUT2D eigenvalue weighted by Crippen LogP contribution is -2.32. The summed E-state index contributed by atoms with van der Waals surface area (Å²) in [5, 5.41) is 2.46. The van der Waals surface area contributed by atoms with Crippen molar-refractivity contribution in [3.05, 3.63) is 22.7 Å². The van der Waals surface area contributed by atoms with E-state index in [1.807, 2.05) is 0 Å². The molecule has 1 N–H and O–H groups in total. The standard InChI is InChI=1S/C13H16BrNO4/c1-13(2,3)19-12(17)11(16)15-8-5-6-10(18-4)9(14)7-8/h5-7H,1-4H3,(H,15,16). The van der Waals surface area contributed by atoms with Crippen LogP contribution in [0.1, 0.15) is 20.8 Å². The molecule has 0 saturated carbocycles. The topological polar surface area (TPSA) is 64.6 Å². The summed E-state index contributed by atoms with van der Waals surface area (Å²) in [5.74, 6) is -1.10. The van der Waals surface area contributed by atoms with Crippen LogP contribution < -0.4 is 10.1 Å². The van der Waals surface area contributed by atoms with E-state index in [4.69, 9.17) is 9.47 Å². The predicted octanol–water partition coefficient (Wildman–Crippen LogP) is 2.74. The number of methoxy groups -OCH3 is 1. The Morgan fingerprint density at radius 2 is 1.89 bits per heavy atom. The summed E-state index contributed by atoms with van der Waals surface area (Å²) in [4.78, 5) is 23.1. The van der Waals surface area contributed by atoms with E-state index >= 15 is 0 Å². The maximum absolute atomic E-state index is 11.6. The summed E-state index contributed by atoms with van der Waals surface area (Å²) in [6.45, 7) is 5.09. The first kappa shape index (κ1) is 15.5. The third-order valence-corrected chi connectivity index (χ3v) is 2.61. The van der Waals surface area contributed by atoms with Gasteiger partial charge in [0.1, 0.15) is 11.4 Å². The van der Waals surface area contributed by atoms with Crippen molar-refractivity contribution in [1.29, 1.82) is 0 Å². The molecule has 0 unspecified atom stereocenters. The second-order valence-corrected chi connectivity index (χ2v) is 5.66. The van der Waals surface area contributed by atoms with Gasteiger partial charge in [0.05, 0.1) is 11.6 Å². The van der Waals surface area contributed by atoms with E-state index in [1.54, 1.807) is 46.1 Å². The van der Waals surface area contributed by atoms with E-state index in [0.29, 0.717) is 15.9 Å². The van der Waals surface area contributed by atoms with Crippen LogP contribution in [0.5, 0.6) is 5.75 Å². The van der Waals surface area contributed by atoms with Crippen LogP contribution in [-0.2, 0) is 14.3 Å². The SMILES string of the molecule is COc1ccc(NC(=O)C(=O)OC(C)(C)C)cc1Br. The van der Waals surface area contributed by atoms with Gasteiger partial charge in [-0.1, -0.05) is 0 Å². The molecular formula is C13H16BrNO4. The Morgan fingerprint density at radius 1 is 1.26 bits per heavy atom. The molecule has 0 fully saturated rings. The molecule has 0 atom stereocenters. The fraction of sp³-hybridized carbons (Fsp3) is 0.385. The number of hydrogen-bond acceptors (Lipinski definition) is 4. The highest BCUT2D eigenvalue weighted by molar-refractivity contribution is 9.10. The van der Waals surface area contributed by atoms with E-state index in [0.717, 1.165) is 0 Å². The molecular weight excluding hydrogens is 314 g/mol. The molecule has 19 heavy (non-hydrogen) atoms. The van der Waals surface area contributed by atoms with Gasteiger partial charge in [-0.2, -0.15) is 0 Å². The fourth-order valence-electron chi connectivity index (χ4n) is 1.25. The highest BCUT2D eigenvalue weighted by Gasteiger charge is 2.22. The normalized spacial score (nSPS) is 10.8. The molecule has 5 nitrogen and oxygen atoms in total. The van der Waals surface area contributed by atoms with Crippen molar-refractivity contribution in [2.75, 3.05) is 12.4 Å². The van der Waals surface area contributed by atoms with E-state index in [-0.39, 0.29) is 0 Å². The third-order valence-electron chi connectivity index (χ3n) is 1.99. The summed E-state index contributed by atoms with van der Waals surface area (Å²) in [6.07, 6.45) is 0. The smallest absolute Gasteiger partial charge is 0.397 e. The Morgan fingerprint density at radius 3 is 2.37 bits per heavy atom. The van der Waals surface area contributed by atoms with Crippen LogP contribution in [0.3, 0.4) is 0 Å². The number of amides is 1. The fourth-order valence-corrected chi connectivity index (χ4v) is 1.79. The first-order valence-corrected chi connectivity index (χ1v) is 6.40. The minimum Gasteiger partial charge on any atom is -0.496 e. The quantitative estimate of drug-likeness (QED) is 0.669. The van der Waals surface area contributed by atoms with Crippen molar-refractivity contribution in [3.8, 4) is 5.75 Å². The van der Waals surface area contributed by atoms with Gasteiger partial charge in [0, 0.05) is 5.69 Å². The van der Waals surface area contributed by atoms with Gasteiger partial charge in [0.2, 0.25) is 0 Å². The van der Waals surface area contributed by atoms with E-state index < -0.39 is 17.5 Å². The summed E-state index contributed by atoms with van der Waals surface area (Å²) >= 11 is 3.29. The van der Waals surface area contributed by atoms with Gasteiger partial charge in [-0.05, 0) is 54.9 Å². The number of carbonyl (C=O) groups is 2. The van der Waals surface area contributed by atoms with Crippen LogP contribution >= 0.6 is 15.9 Å². The number of ether oxygens (including phenoxy) is 2. The maximum Gasteiger partial charge on any atom is 0.397 e. The Balaban J connectivity index is 2.72. The van der Waals surface area contributed by atoms with Crippen molar-refractivity contribution in [2.45, 2.75) is 26.4 Å². The molecule has 0 saturated heterocycles. The lowest BCUT2D eigenvalue weighted by Gasteiger charge is -2.18. The zero-order chi connectivity index (χ0) is 14.6. The maximum atomic E-state index is 11.6. The number of nitrogens with one attached hydrogen (secondary N) is 1. The zero-order valence-electron chi connectivity index (χ0n) is 11.2. The number of anilines is 1. The number of benzene rings is 1. The molecule has 0 aliphatic rings. The molecule has 1 amide bonds. The van der Waals surface area contributed by atoms with Gasteiger partial charge in [-0.15, -0.1) is 0 Å². The lowest BCUT2D eigenvalue weighted by molar-refractivity contribution is -0.161. The van der Waals surface area contributed by atoms with Crippen molar-refractivity contribution in [3.63, 3.8) is 0 Å². The minimum atomic E-state index is -0.917. The first-order chi connectivity index (χ1) is 8.73. The molecule has 6 heteroatoms. The predicted molar refractivity (Wildman–Crippen MR) is 75.2 cm³/mol. The van der Waals surface area contributed by atoms with Crippen molar-refractivity contribution < 1.29 is 19.1 Å². The molecule has 1 rings (SSSR count). The lowest BCUT2D eigenvalue weighted by atomic mass is 10.2. The van der Waals surface area contributed by atoms with Gasteiger partial charge >= 0.3 is 11.9 Å². The molecule has 0 aliphatic heterocycles. The number of carbonyl (C=O) groups excluding carboxylic acids is 2. The Hall–Kier alpha value is -1.56. The summed E-state index contributed by atoms with van der Waals surface area (Å²) < 4.78 is 10.7. The van der Waals surface area contributed by atoms with Gasteiger partial charge in [-0.3, -0.25) is 4.79 Å². The molecule has 104 valence electrons. The van der Waals surface area contributed by atoms with Crippen molar-refractivity contribution in [2.24, 2.45) is 0 Å². The third kappa shape index (κ3) is 4.90. The van der Waals surface area contributed by atoms with Crippen LogP contribution in [0.4, 0.5) is 5.69 Å². The Kier molecular flexibility index (Phi) is 4.94. The van der Waals surface area contributed by atoms with E-state index in [1.165, 1.54) is 0 Å². The number of esters is 1. The van der Waals surface area contributed by atoms with Gasteiger partial charge < -0.3 is 14.8 Å². The summed E-state index contributed by atoms with van der Waals surface area (Å²) in [6, 6.07) is 4.95. The average Bonchev–Trinajstić information content (AvgIpc) is 2.27. The molecule has 0 aliphatic carbocycles. The van der Waals surface area contributed by atoms with Crippen LogP contribution in [-0.4, -0.2) is 24.6 Å². The summed E-state index contributed by atoms with van der Waals surface area (Å²) in [5.41, 5.74) is -0.224. The number of rotatable bonds is 2. The van der Waals surface area contributed by atoms with Crippen LogP contribution in [0.25, 0.3) is 0 Å². The molecule has 0 spiro atoms. The second kappa shape index (κ2) is 6.06. The first-order valence-electron chi connectivity index (χ1n) is 5.61. The van der Waals surface area contributed by atoms with E-state index in [9.17, 15) is 9.59 Å². The minimum absolute atomic E-state index is 0.475. The van der Waals surface area contributed by atoms with Crippen LogP contribution in [0, 0.1) is 0 Å². The molecule has 0 radical (unpaired) electrons. The highest BCUT2D eigenvalue weighted by Crippen LogP contribution is 2.27. The van der Waals surface area contributed by atoms with Crippen molar-refractivity contribution >= 4 is 33.5 Å². The molecule has 1 aromatic rings. The average molecular weight is 330 g/mol. The highest BCUT2D eigenvalue weighted by atomic mass is 79.9. The monoisotopic (exact) mass is 329 g/mol. The van der Waals surface area contributed by atoms with Gasteiger partial charge in [0.25, 0.3) is 0 Å². The second-order valence-electron chi connectivity index (χ2n) is 4.81. The molecule has 0 heterocycles. The number of hydrogen-bond donors (Lipinski definition) is 1. The largest absolute Gasteiger partial charge is 0.496 e. The van der Waals surface area contributed by atoms with Crippen LogP contribution in [0.2, 0.25) is 0 Å². The van der Waals surface area contributed by atoms with Gasteiger partial charge in [0.15, 0.2) is 0 Å². The molecule has 0 aromatic heterocycles. The Labute approximate surface area is 120 Å².